The van der Waals surface area contributed by atoms with Gasteiger partial charge in [-0.1, -0.05) is 23.7 Å². The summed E-state index contributed by atoms with van der Waals surface area (Å²) in [6.45, 7) is 0. The normalized spacial score (nSPS) is 14.2. The Bertz CT molecular complexity index is 606. The lowest BCUT2D eigenvalue weighted by Gasteiger charge is -2.06. The smallest absolute Gasteiger partial charge is 0.211 e. The van der Waals surface area contributed by atoms with E-state index in [0.29, 0.717) is 22.4 Å². The van der Waals surface area contributed by atoms with Gasteiger partial charge < -0.3 is 4.74 Å². The third-order valence-electron chi connectivity index (χ3n) is 2.88. The molecule has 0 atom stereocenters. The van der Waals surface area contributed by atoms with Gasteiger partial charge in [-0.3, -0.25) is 9.78 Å². The molecule has 1 aliphatic carbocycles. The molecule has 19 heavy (non-hydrogen) atoms. The predicted molar refractivity (Wildman–Crippen MR) is 72.8 cm³/mol. The zero-order chi connectivity index (χ0) is 13.2. The second-order valence-electron chi connectivity index (χ2n) is 4.54. The minimum absolute atomic E-state index is 0.127. The number of hydrogen-bond donors (Lipinski definition) is 0. The van der Waals surface area contributed by atoms with E-state index in [0.717, 1.165) is 18.6 Å². The molecule has 1 fully saturated rings. The first kappa shape index (κ1) is 12.2. The minimum atomic E-state index is -0.127. The van der Waals surface area contributed by atoms with Crippen molar-refractivity contribution in [2.75, 3.05) is 0 Å². The average Bonchev–Trinajstić information content (AvgIpc) is 3.23. The number of benzene rings is 1. The van der Waals surface area contributed by atoms with Gasteiger partial charge in [-0.25, -0.2) is 0 Å². The molecule has 0 aliphatic heterocycles. The van der Waals surface area contributed by atoms with Crippen LogP contribution >= 0.6 is 11.6 Å². The number of ether oxygens (including phenoxy) is 1. The maximum absolute atomic E-state index is 12.3. The maximum Gasteiger partial charge on any atom is 0.211 e. The molecule has 0 spiro atoms. The number of ketones is 1. The van der Waals surface area contributed by atoms with Gasteiger partial charge in [-0.05, 0) is 37.1 Å². The molecule has 0 amide bonds. The molecule has 3 nitrogen and oxygen atoms in total. The lowest BCUT2D eigenvalue weighted by atomic mass is 10.1. The molecule has 96 valence electrons. The molecule has 0 N–H and O–H groups in total. The molecule has 1 aromatic heterocycles. The summed E-state index contributed by atoms with van der Waals surface area (Å²) >= 11 is 5.76. The fourth-order valence-electron chi connectivity index (χ4n) is 1.75. The molecular formula is C15H12ClNO2. The maximum atomic E-state index is 12.3. The van der Waals surface area contributed by atoms with E-state index < -0.39 is 0 Å². The van der Waals surface area contributed by atoms with Gasteiger partial charge in [0.25, 0.3) is 0 Å². The van der Waals surface area contributed by atoms with Crippen LogP contribution in [0.25, 0.3) is 0 Å². The van der Waals surface area contributed by atoms with Gasteiger partial charge in [-0.15, -0.1) is 0 Å². The summed E-state index contributed by atoms with van der Waals surface area (Å²) in [5.74, 6) is 0.611. The van der Waals surface area contributed by atoms with Crippen LogP contribution in [0.4, 0.5) is 0 Å². The lowest BCUT2D eigenvalue weighted by Crippen LogP contribution is -2.04. The Morgan fingerprint density at radius 3 is 2.79 bits per heavy atom. The van der Waals surface area contributed by atoms with Crippen molar-refractivity contribution in [3.05, 3.63) is 58.9 Å². The zero-order valence-corrected chi connectivity index (χ0v) is 10.9. The van der Waals surface area contributed by atoms with Crippen molar-refractivity contribution >= 4 is 17.4 Å². The summed E-state index contributed by atoms with van der Waals surface area (Å²) in [4.78, 5) is 16.3. The number of hydrogen-bond acceptors (Lipinski definition) is 3. The molecule has 2 aromatic rings. The van der Waals surface area contributed by atoms with Crippen LogP contribution in [0.5, 0.6) is 5.75 Å². The molecule has 0 saturated heterocycles. The second kappa shape index (κ2) is 5.02. The van der Waals surface area contributed by atoms with E-state index in [4.69, 9.17) is 16.3 Å². The number of halogens is 1. The fraction of sp³-hybridized carbons (Fsp3) is 0.200. The highest BCUT2D eigenvalue weighted by molar-refractivity contribution is 6.30. The van der Waals surface area contributed by atoms with Crippen LogP contribution in [0.1, 0.15) is 28.9 Å². The molecule has 0 bridgehead atoms. The average molecular weight is 274 g/mol. The third-order valence-corrected chi connectivity index (χ3v) is 3.11. The van der Waals surface area contributed by atoms with Crippen molar-refractivity contribution in [2.45, 2.75) is 18.9 Å². The van der Waals surface area contributed by atoms with Gasteiger partial charge in [0.2, 0.25) is 5.78 Å². The molecule has 1 aromatic carbocycles. The van der Waals surface area contributed by atoms with E-state index in [2.05, 4.69) is 4.98 Å². The van der Waals surface area contributed by atoms with Crippen LogP contribution in [0, 0.1) is 0 Å². The standard InChI is InChI=1S/C15H12ClNO2/c16-11-4-7-14(17-9-11)15(18)10-2-1-3-13(8-10)19-12-5-6-12/h1-4,7-9,12H,5-6H2. The summed E-state index contributed by atoms with van der Waals surface area (Å²) in [5.41, 5.74) is 0.959. The van der Waals surface area contributed by atoms with Gasteiger partial charge in [0.15, 0.2) is 0 Å². The van der Waals surface area contributed by atoms with Gasteiger partial charge in [0.05, 0.1) is 11.1 Å². The molecule has 3 rings (SSSR count). The molecule has 0 radical (unpaired) electrons. The van der Waals surface area contributed by atoms with E-state index in [1.807, 2.05) is 12.1 Å². The summed E-state index contributed by atoms with van der Waals surface area (Å²) in [6.07, 6.45) is 3.98. The zero-order valence-electron chi connectivity index (χ0n) is 10.2. The van der Waals surface area contributed by atoms with Gasteiger partial charge in [-0.2, -0.15) is 0 Å². The predicted octanol–water partition coefficient (Wildman–Crippen LogP) is 3.51. The number of carbonyl (C=O) groups is 1. The highest BCUT2D eigenvalue weighted by Crippen LogP contribution is 2.27. The van der Waals surface area contributed by atoms with E-state index in [9.17, 15) is 4.79 Å². The van der Waals surface area contributed by atoms with Crippen LogP contribution in [-0.4, -0.2) is 16.9 Å². The first-order valence-electron chi connectivity index (χ1n) is 6.15. The van der Waals surface area contributed by atoms with Crippen molar-refractivity contribution in [2.24, 2.45) is 0 Å². The highest BCUT2D eigenvalue weighted by Gasteiger charge is 2.23. The molecule has 1 heterocycles. The van der Waals surface area contributed by atoms with Crippen molar-refractivity contribution < 1.29 is 9.53 Å². The summed E-state index contributed by atoms with van der Waals surface area (Å²) in [7, 11) is 0. The van der Waals surface area contributed by atoms with E-state index in [1.165, 1.54) is 6.20 Å². The van der Waals surface area contributed by atoms with Crippen LogP contribution in [-0.2, 0) is 0 Å². The van der Waals surface area contributed by atoms with E-state index >= 15 is 0 Å². The highest BCUT2D eigenvalue weighted by atomic mass is 35.5. The Balaban J connectivity index is 1.84. The van der Waals surface area contributed by atoms with Crippen molar-refractivity contribution in [3.8, 4) is 5.75 Å². The van der Waals surface area contributed by atoms with Gasteiger partial charge >= 0.3 is 0 Å². The molecule has 4 heteroatoms. The minimum Gasteiger partial charge on any atom is -0.490 e. The lowest BCUT2D eigenvalue weighted by molar-refractivity contribution is 0.103. The monoisotopic (exact) mass is 273 g/mol. The fourth-order valence-corrected chi connectivity index (χ4v) is 1.86. The quantitative estimate of drug-likeness (QED) is 0.800. The van der Waals surface area contributed by atoms with Gasteiger partial charge in [0, 0.05) is 11.8 Å². The van der Waals surface area contributed by atoms with Crippen molar-refractivity contribution in [3.63, 3.8) is 0 Å². The Morgan fingerprint density at radius 2 is 2.11 bits per heavy atom. The number of pyridine rings is 1. The molecule has 1 saturated carbocycles. The number of aromatic nitrogens is 1. The van der Waals surface area contributed by atoms with Gasteiger partial charge in [0.1, 0.15) is 11.4 Å². The van der Waals surface area contributed by atoms with Crippen LogP contribution in [0.3, 0.4) is 0 Å². The Hall–Kier alpha value is -1.87. The molecule has 0 unspecified atom stereocenters. The summed E-state index contributed by atoms with van der Waals surface area (Å²) < 4.78 is 5.68. The first-order valence-corrected chi connectivity index (χ1v) is 6.53. The number of carbonyl (C=O) groups excluding carboxylic acids is 1. The SMILES string of the molecule is O=C(c1cccc(OC2CC2)c1)c1ccc(Cl)cn1. The van der Waals surface area contributed by atoms with Crippen molar-refractivity contribution in [1.82, 2.24) is 4.98 Å². The molecular weight excluding hydrogens is 262 g/mol. The largest absolute Gasteiger partial charge is 0.490 e. The first-order chi connectivity index (χ1) is 9.22. The van der Waals surface area contributed by atoms with Crippen LogP contribution in [0.15, 0.2) is 42.6 Å². The topological polar surface area (TPSA) is 39.2 Å². The van der Waals surface area contributed by atoms with E-state index in [1.54, 1.807) is 24.3 Å². The summed E-state index contributed by atoms with van der Waals surface area (Å²) in [6, 6.07) is 10.5. The third kappa shape index (κ3) is 2.93. The van der Waals surface area contributed by atoms with E-state index in [-0.39, 0.29) is 5.78 Å². The number of rotatable bonds is 4. The Labute approximate surface area is 116 Å². The Morgan fingerprint density at radius 1 is 1.26 bits per heavy atom. The van der Waals surface area contributed by atoms with Crippen LogP contribution in [0.2, 0.25) is 5.02 Å². The number of nitrogens with zero attached hydrogens (tertiary/aromatic N) is 1. The second-order valence-corrected chi connectivity index (χ2v) is 4.97. The van der Waals surface area contributed by atoms with Crippen molar-refractivity contribution in [1.29, 1.82) is 0 Å². The molecule has 1 aliphatic rings. The van der Waals surface area contributed by atoms with Crippen LogP contribution < -0.4 is 4.74 Å². The Kier molecular flexibility index (Phi) is 3.22. The summed E-state index contributed by atoms with van der Waals surface area (Å²) in [5, 5.41) is 0.516.